The van der Waals surface area contributed by atoms with Crippen LogP contribution in [0.15, 0.2) is 54.7 Å². The highest BCUT2D eigenvalue weighted by atomic mass is 32.2. The summed E-state index contributed by atoms with van der Waals surface area (Å²) >= 11 is 2.13. The number of H-pyrrole nitrogens is 1. The van der Waals surface area contributed by atoms with Crippen molar-refractivity contribution >= 4 is 58.3 Å². The molecule has 6 rings (SSSR count). The van der Waals surface area contributed by atoms with Gasteiger partial charge in [0, 0.05) is 29.8 Å². The molecule has 1 aromatic heterocycles. The van der Waals surface area contributed by atoms with E-state index < -0.39 is 45.8 Å². The summed E-state index contributed by atoms with van der Waals surface area (Å²) in [4.78, 5) is 45.5. The van der Waals surface area contributed by atoms with Crippen LogP contribution in [0.3, 0.4) is 0 Å². The molecule has 0 aliphatic carbocycles. The molecular weight excluding hydrogens is 512 g/mol. The molecule has 3 aliphatic heterocycles. The van der Waals surface area contributed by atoms with Crippen LogP contribution < -0.4 is 4.90 Å². The molecule has 11 heteroatoms. The third-order valence-electron chi connectivity index (χ3n) is 8.42. The largest absolute Gasteiger partial charge is 0.392 e. The van der Waals surface area contributed by atoms with E-state index in [0.717, 1.165) is 34.4 Å². The topological polar surface area (TPSA) is 117 Å². The zero-order valence-corrected chi connectivity index (χ0v) is 22.0. The average Bonchev–Trinajstić information content (AvgIpc) is 3.55. The molecule has 5 atom stereocenters. The van der Waals surface area contributed by atoms with Gasteiger partial charge in [-0.2, -0.15) is 0 Å². The van der Waals surface area contributed by atoms with Crippen molar-refractivity contribution in [1.82, 2.24) is 14.8 Å². The Morgan fingerprint density at radius 1 is 1.03 bits per heavy atom. The number of amides is 3. The summed E-state index contributed by atoms with van der Waals surface area (Å²) in [6, 6.07) is 14.9. The number of likely N-dealkylation sites (N-methyl/N-ethyl adjacent to an activating group) is 1. The van der Waals surface area contributed by atoms with Gasteiger partial charge in [-0.15, -0.1) is 23.5 Å². The second kappa shape index (κ2) is 8.00. The van der Waals surface area contributed by atoms with Crippen LogP contribution in [0, 0.1) is 0 Å². The molecule has 0 spiro atoms. The molecule has 3 amide bonds. The molecule has 2 saturated heterocycles. The van der Waals surface area contributed by atoms with Gasteiger partial charge >= 0.3 is 0 Å². The van der Waals surface area contributed by atoms with Crippen LogP contribution in [0.2, 0.25) is 0 Å². The minimum absolute atomic E-state index is 0.507. The zero-order valence-electron chi connectivity index (χ0n) is 20.4. The number of fused-ring (bicyclic) bond motifs is 6. The van der Waals surface area contributed by atoms with Crippen LogP contribution in [-0.4, -0.2) is 91.4 Å². The Hall–Kier alpha value is -2.99. The van der Waals surface area contributed by atoms with Gasteiger partial charge in [0.2, 0.25) is 6.41 Å². The van der Waals surface area contributed by atoms with Crippen molar-refractivity contribution < 1.29 is 24.6 Å². The summed E-state index contributed by atoms with van der Waals surface area (Å²) in [5, 5.41) is 23.8. The van der Waals surface area contributed by atoms with E-state index in [1.807, 2.05) is 36.4 Å². The first-order valence-corrected chi connectivity index (χ1v) is 14.2. The van der Waals surface area contributed by atoms with Gasteiger partial charge in [-0.05, 0) is 35.8 Å². The monoisotopic (exact) mass is 538 g/mol. The molecule has 2 aromatic carbocycles. The van der Waals surface area contributed by atoms with E-state index in [4.69, 9.17) is 0 Å². The third kappa shape index (κ3) is 2.49. The summed E-state index contributed by atoms with van der Waals surface area (Å²) in [6.07, 6.45) is 3.31. The number of thioether (sulfide) groups is 2. The molecule has 3 N–H and O–H groups in total. The Bertz CT molecular complexity index is 1460. The molecule has 0 unspecified atom stereocenters. The van der Waals surface area contributed by atoms with E-state index in [-0.39, 0.29) is 0 Å². The third-order valence-corrected chi connectivity index (χ3v) is 10.9. The SMILES string of the molecule is CS[C@@]1(CO)C(=O)N2[C@H]3N(C=O)c4ccccc4[C@@]3(c3c[nH]c4ccccc34)[C@H](O)[C@]2(SC)C(=O)N1C. The number of rotatable bonds is 5. The van der Waals surface area contributed by atoms with Crippen LogP contribution in [0.25, 0.3) is 10.9 Å². The van der Waals surface area contributed by atoms with Crippen molar-refractivity contribution in [2.45, 2.75) is 27.4 Å². The highest BCUT2D eigenvalue weighted by Crippen LogP contribution is 2.65. The second-order valence-electron chi connectivity index (χ2n) is 9.51. The Morgan fingerprint density at radius 2 is 1.73 bits per heavy atom. The zero-order chi connectivity index (χ0) is 26.3. The predicted molar refractivity (Wildman–Crippen MR) is 143 cm³/mol. The molecule has 2 fully saturated rings. The Labute approximate surface area is 221 Å². The maximum atomic E-state index is 14.5. The smallest absolute Gasteiger partial charge is 0.264 e. The van der Waals surface area contributed by atoms with E-state index in [1.54, 1.807) is 30.8 Å². The van der Waals surface area contributed by atoms with Crippen LogP contribution in [-0.2, 0) is 19.8 Å². The number of para-hydroxylation sites is 2. The number of benzene rings is 2. The molecule has 192 valence electrons. The lowest BCUT2D eigenvalue weighted by atomic mass is 9.70. The summed E-state index contributed by atoms with van der Waals surface area (Å²) < 4.78 is 0. The van der Waals surface area contributed by atoms with Gasteiger partial charge in [0.25, 0.3) is 11.8 Å². The summed E-state index contributed by atoms with van der Waals surface area (Å²) in [5.74, 6) is -1.04. The average molecular weight is 539 g/mol. The van der Waals surface area contributed by atoms with Gasteiger partial charge < -0.3 is 20.1 Å². The van der Waals surface area contributed by atoms with Crippen molar-refractivity contribution in [3.8, 4) is 0 Å². The Kier molecular flexibility index (Phi) is 5.27. The maximum Gasteiger partial charge on any atom is 0.264 e. The number of carbonyl (C=O) groups excluding carboxylic acids is 3. The van der Waals surface area contributed by atoms with Crippen molar-refractivity contribution in [2.75, 3.05) is 31.1 Å². The number of nitrogens with one attached hydrogen (secondary N) is 1. The van der Waals surface area contributed by atoms with Gasteiger partial charge in [-0.3, -0.25) is 24.2 Å². The number of hydrogen-bond donors (Lipinski definition) is 3. The van der Waals surface area contributed by atoms with E-state index in [1.165, 1.54) is 21.7 Å². The van der Waals surface area contributed by atoms with Crippen LogP contribution in [0.1, 0.15) is 11.1 Å². The van der Waals surface area contributed by atoms with Crippen molar-refractivity contribution in [3.05, 3.63) is 65.9 Å². The van der Waals surface area contributed by atoms with E-state index in [2.05, 4.69) is 4.98 Å². The number of piperazine rings is 1. The van der Waals surface area contributed by atoms with E-state index in [9.17, 15) is 24.6 Å². The lowest BCUT2D eigenvalue weighted by Crippen LogP contribution is -2.76. The summed E-state index contributed by atoms with van der Waals surface area (Å²) in [7, 11) is 1.48. The maximum absolute atomic E-state index is 14.5. The van der Waals surface area contributed by atoms with Gasteiger partial charge in [0.15, 0.2) is 9.74 Å². The van der Waals surface area contributed by atoms with Crippen LogP contribution in [0.5, 0.6) is 0 Å². The molecular formula is C26H26N4O5S2. The predicted octanol–water partition coefficient (Wildman–Crippen LogP) is 1.54. The molecule has 37 heavy (non-hydrogen) atoms. The fraction of sp³-hybridized carbons (Fsp3) is 0.346. The minimum atomic E-state index is -1.74. The van der Waals surface area contributed by atoms with Crippen molar-refractivity contribution in [1.29, 1.82) is 0 Å². The van der Waals surface area contributed by atoms with Gasteiger partial charge in [-0.1, -0.05) is 36.4 Å². The first-order chi connectivity index (χ1) is 17.8. The Balaban J connectivity index is 1.76. The second-order valence-corrected chi connectivity index (χ2v) is 11.6. The fourth-order valence-corrected chi connectivity index (χ4v) is 8.57. The van der Waals surface area contributed by atoms with Crippen molar-refractivity contribution in [2.24, 2.45) is 0 Å². The Morgan fingerprint density at radius 3 is 2.41 bits per heavy atom. The summed E-state index contributed by atoms with van der Waals surface area (Å²) in [5.41, 5.74) is 1.36. The van der Waals surface area contributed by atoms with Crippen LogP contribution >= 0.6 is 23.5 Å². The quantitative estimate of drug-likeness (QED) is 0.422. The summed E-state index contributed by atoms with van der Waals surface area (Å²) in [6.45, 7) is -0.618. The van der Waals surface area contributed by atoms with E-state index >= 15 is 0 Å². The highest BCUT2D eigenvalue weighted by Gasteiger charge is 2.80. The fourth-order valence-electron chi connectivity index (χ4n) is 6.71. The lowest BCUT2D eigenvalue weighted by Gasteiger charge is -2.54. The first kappa shape index (κ1) is 24.4. The van der Waals surface area contributed by atoms with Gasteiger partial charge in [0.1, 0.15) is 12.3 Å². The van der Waals surface area contributed by atoms with Crippen LogP contribution in [0.4, 0.5) is 5.69 Å². The molecule has 9 nitrogen and oxygen atoms in total. The van der Waals surface area contributed by atoms with E-state index in [0.29, 0.717) is 23.2 Å². The number of aromatic amines is 1. The number of carbonyl (C=O) groups is 3. The van der Waals surface area contributed by atoms with Gasteiger partial charge in [0.05, 0.1) is 12.0 Å². The minimum Gasteiger partial charge on any atom is -0.392 e. The number of hydrogen-bond acceptors (Lipinski definition) is 7. The number of nitrogens with zero attached hydrogens (tertiary/aromatic N) is 3. The lowest BCUT2D eigenvalue weighted by molar-refractivity contribution is -0.169. The molecule has 3 aromatic rings. The number of anilines is 1. The van der Waals surface area contributed by atoms with Crippen molar-refractivity contribution in [3.63, 3.8) is 0 Å². The number of aliphatic hydroxyl groups excluding tert-OH is 2. The highest BCUT2D eigenvalue weighted by molar-refractivity contribution is 8.01. The molecule has 4 heterocycles. The number of aliphatic hydroxyl groups is 2. The van der Waals surface area contributed by atoms with Gasteiger partial charge in [-0.25, -0.2) is 0 Å². The normalized spacial score (nSPS) is 32.6. The molecule has 0 radical (unpaired) electrons. The standard InChI is InChI=1S/C26H26N4O5S2/c1-28-23(35)26(37-3)20(33)25(17-12-27-18-10-6-4-8-15(17)18)16-9-5-7-11-19(16)29(14-32)21(25)30(26)22(34)24(28,13-31)36-2/h4-12,14,20-21,27,31,33H,13H2,1-3H3/t20-,21+,24-,25+,26-/m0/s1. The molecule has 0 bridgehead atoms. The molecule has 0 saturated carbocycles. The first-order valence-electron chi connectivity index (χ1n) is 11.7. The molecule has 3 aliphatic rings. The number of aromatic nitrogens is 1.